The molecule has 25 heavy (non-hydrogen) atoms. The van der Waals surface area contributed by atoms with Crippen LogP contribution >= 0.6 is 0 Å². The second-order valence-electron chi connectivity index (χ2n) is 6.96. The lowest BCUT2D eigenvalue weighted by molar-refractivity contribution is 0.172. The summed E-state index contributed by atoms with van der Waals surface area (Å²) >= 11 is 0. The number of nitrogens with zero attached hydrogens (tertiary/aromatic N) is 4. The third-order valence-corrected chi connectivity index (χ3v) is 5.41. The van der Waals surface area contributed by atoms with Gasteiger partial charge < -0.3 is 10.2 Å². The molecule has 2 fully saturated rings. The van der Waals surface area contributed by atoms with E-state index in [1.165, 1.54) is 25.3 Å². The van der Waals surface area contributed by atoms with Gasteiger partial charge in [0.05, 0.1) is 5.69 Å². The predicted octanol–water partition coefficient (Wildman–Crippen LogP) is 2.49. The number of fused-ring (bicyclic) bond motifs is 1. The molecule has 0 radical (unpaired) electrons. The molecular weight excluding hydrogens is 319 g/mol. The van der Waals surface area contributed by atoms with Crippen LogP contribution in [0.15, 0.2) is 30.5 Å². The quantitative estimate of drug-likeness (QED) is 0.751. The maximum Gasteiger partial charge on any atom is 0.181 e. The fraction of sp³-hybridized carbons (Fsp3) is 0.389. The molecule has 128 valence electrons. The average molecular weight is 338 g/mol. The van der Waals surface area contributed by atoms with Gasteiger partial charge in [0, 0.05) is 36.8 Å². The minimum Gasteiger partial charge on any atom is -0.353 e. The van der Waals surface area contributed by atoms with Crippen molar-refractivity contribution >= 4 is 16.9 Å². The summed E-state index contributed by atoms with van der Waals surface area (Å²) < 4.78 is 14.5. The molecule has 0 unspecified atom stereocenters. The lowest BCUT2D eigenvalue weighted by Crippen LogP contribution is -2.64. The van der Waals surface area contributed by atoms with E-state index in [0.29, 0.717) is 17.0 Å². The van der Waals surface area contributed by atoms with Crippen LogP contribution < -0.4 is 10.2 Å². The molecule has 0 amide bonds. The van der Waals surface area contributed by atoms with Crippen molar-refractivity contribution in [1.82, 2.24) is 25.5 Å². The number of pyridine rings is 2. The van der Waals surface area contributed by atoms with Crippen LogP contribution in [-0.4, -0.2) is 45.3 Å². The first-order valence-corrected chi connectivity index (χ1v) is 8.70. The Balaban J connectivity index is 1.54. The van der Waals surface area contributed by atoms with E-state index in [1.54, 1.807) is 12.3 Å². The SMILES string of the molecule is Fc1ccc(N2CCNC3(CCC3)C2)nc1-c1[nH]nc2ncccc12. The average Bonchev–Trinajstić information content (AvgIpc) is 3.05. The first-order valence-electron chi connectivity index (χ1n) is 8.70. The van der Waals surface area contributed by atoms with Gasteiger partial charge in [-0.05, 0) is 43.5 Å². The van der Waals surface area contributed by atoms with E-state index < -0.39 is 0 Å². The molecule has 7 heteroatoms. The van der Waals surface area contributed by atoms with Gasteiger partial charge in [0.15, 0.2) is 11.5 Å². The summed E-state index contributed by atoms with van der Waals surface area (Å²) in [5.74, 6) is 0.461. The van der Waals surface area contributed by atoms with Crippen molar-refractivity contribution in [1.29, 1.82) is 0 Å². The van der Waals surface area contributed by atoms with Crippen LogP contribution in [0.4, 0.5) is 10.2 Å². The summed E-state index contributed by atoms with van der Waals surface area (Å²) in [6, 6.07) is 6.96. The number of rotatable bonds is 2. The van der Waals surface area contributed by atoms with Crippen molar-refractivity contribution < 1.29 is 4.39 Å². The van der Waals surface area contributed by atoms with Crippen molar-refractivity contribution in [3.05, 3.63) is 36.3 Å². The van der Waals surface area contributed by atoms with Gasteiger partial charge in [-0.25, -0.2) is 14.4 Å². The normalized spacial score (nSPS) is 19.3. The highest BCUT2D eigenvalue weighted by Gasteiger charge is 2.40. The number of anilines is 1. The molecule has 4 heterocycles. The highest BCUT2D eigenvalue weighted by molar-refractivity contribution is 5.89. The standard InChI is InChI=1S/C18H19FN6/c19-13-4-5-14(25-10-9-21-18(11-25)6-2-7-18)22-16(13)15-12-3-1-8-20-17(12)24-23-15/h1,3-5,8,21H,2,6-7,9-11H2,(H,20,23,24). The molecule has 1 aliphatic carbocycles. The topological polar surface area (TPSA) is 69.7 Å². The van der Waals surface area contributed by atoms with Gasteiger partial charge in [0.25, 0.3) is 0 Å². The van der Waals surface area contributed by atoms with Crippen LogP contribution in [0.1, 0.15) is 19.3 Å². The van der Waals surface area contributed by atoms with Crippen LogP contribution in [0.2, 0.25) is 0 Å². The summed E-state index contributed by atoms with van der Waals surface area (Å²) in [5, 5.41) is 11.5. The summed E-state index contributed by atoms with van der Waals surface area (Å²) in [6.07, 6.45) is 5.35. The second-order valence-corrected chi connectivity index (χ2v) is 6.96. The number of aromatic nitrogens is 4. The molecule has 0 bridgehead atoms. The summed E-state index contributed by atoms with van der Waals surface area (Å²) in [7, 11) is 0. The van der Waals surface area contributed by atoms with Gasteiger partial charge in [0.1, 0.15) is 11.5 Å². The van der Waals surface area contributed by atoms with Crippen LogP contribution in [0.3, 0.4) is 0 Å². The monoisotopic (exact) mass is 338 g/mol. The minimum atomic E-state index is -0.355. The molecule has 5 rings (SSSR count). The Morgan fingerprint density at radius 2 is 2.12 bits per heavy atom. The van der Waals surface area contributed by atoms with E-state index in [-0.39, 0.29) is 11.4 Å². The van der Waals surface area contributed by atoms with Crippen LogP contribution in [-0.2, 0) is 0 Å². The Bertz CT molecular complexity index is 932. The first kappa shape index (κ1) is 14.8. The highest BCUT2D eigenvalue weighted by Crippen LogP contribution is 2.36. The van der Waals surface area contributed by atoms with Crippen molar-refractivity contribution in [2.45, 2.75) is 24.8 Å². The fourth-order valence-corrected chi connectivity index (χ4v) is 3.90. The lowest BCUT2D eigenvalue weighted by Gasteiger charge is -2.50. The number of nitrogens with one attached hydrogen (secondary N) is 2. The van der Waals surface area contributed by atoms with Gasteiger partial charge in [-0.15, -0.1) is 0 Å². The Morgan fingerprint density at radius 1 is 1.20 bits per heavy atom. The molecule has 2 aliphatic rings. The van der Waals surface area contributed by atoms with Crippen LogP contribution in [0.25, 0.3) is 22.4 Å². The molecule has 1 saturated heterocycles. The smallest absolute Gasteiger partial charge is 0.181 e. The third kappa shape index (κ3) is 2.38. The zero-order chi connectivity index (χ0) is 16.9. The highest BCUT2D eigenvalue weighted by atomic mass is 19.1. The van der Waals surface area contributed by atoms with E-state index in [9.17, 15) is 4.39 Å². The number of aromatic amines is 1. The van der Waals surface area contributed by atoms with E-state index in [4.69, 9.17) is 0 Å². The largest absolute Gasteiger partial charge is 0.353 e. The zero-order valence-electron chi connectivity index (χ0n) is 13.8. The van der Waals surface area contributed by atoms with Crippen molar-refractivity contribution in [3.63, 3.8) is 0 Å². The predicted molar refractivity (Wildman–Crippen MR) is 93.9 cm³/mol. The molecule has 3 aromatic rings. The molecule has 1 saturated carbocycles. The summed E-state index contributed by atoms with van der Waals surface area (Å²) in [5.41, 5.74) is 1.67. The van der Waals surface area contributed by atoms with Gasteiger partial charge in [0.2, 0.25) is 0 Å². The van der Waals surface area contributed by atoms with Crippen molar-refractivity contribution in [2.75, 3.05) is 24.5 Å². The minimum absolute atomic E-state index is 0.221. The van der Waals surface area contributed by atoms with E-state index in [0.717, 1.165) is 30.8 Å². The van der Waals surface area contributed by atoms with E-state index in [2.05, 4.69) is 30.4 Å². The third-order valence-electron chi connectivity index (χ3n) is 5.41. The summed E-state index contributed by atoms with van der Waals surface area (Å²) in [6.45, 7) is 2.74. The number of halogens is 1. The van der Waals surface area contributed by atoms with Crippen LogP contribution in [0, 0.1) is 5.82 Å². The molecular formula is C18H19FN6. The first-order chi connectivity index (χ1) is 12.2. The number of piperazine rings is 1. The number of H-pyrrole nitrogens is 1. The second kappa shape index (κ2) is 5.49. The van der Waals surface area contributed by atoms with Gasteiger partial charge in [-0.2, -0.15) is 5.10 Å². The van der Waals surface area contributed by atoms with Gasteiger partial charge in [-0.1, -0.05) is 0 Å². The molecule has 6 nitrogen and oxygen atoms in total. The Morgan fingerprint density at radius 3 is 2.96 bits per heavy atom. The lowest BCUT2D eigenvalue weighted by atomic mass is 9.75. The number of hydrogen-bond donors (Lipinski definition) is 2. The van der Waals surface area contributed by atoms with Gasteiger partial charge >= 0.3 is 0 Å². The summed E-state index contributed by atoms with van der Waals surface area (Å²) in [4.78, 5) is 11.1. The van der Waals surface area contributed by atoms with Gasteiger partial charge in [-0.3, -0.25) is 5.10 Å². The number of hydrogen-bond acceptors (Lipinski definition) is 5. The Kier molecular flexibility index (Phi) is 3.24. The molecule has 1 aliphatic heterocycles. The van der Waals surface area contributed by atoms with Crippen molar-refractivity contribution in [3.8, 4) is 11.4 Å². The zero-order valence-corrected chi connectivity index (χ0v) is 13.8. The Labute approximate surface area is 144 Å². The molecule has 0 atom stereocenters. The van der Waals surface area contributed by atoms with E-state index >= 15 is 0 Å². The fourth-order valence-electron chi connectivity index (χ4n) is 3.90. The maximum absolute atomic E-state index is 14.5. The van der Waals surface area contributed by atoms with Crippen LogP contribution in [0.5, 0.6) is 0 Å². The molecule has 3 aromatic heterocycles. The van der Waals surface area contributed by atoms with E-state index in [1.807, 2.05) is 12.1 Å². The molecule has 1 spiro atoms. The maximum atomic E-state index is 14.5. The van der Waals surface area contributed by atoms with Crippen molar-refractivity contribution in [2.24, 2.45) is 0 Å². The Hall–Kier alpha value is -2.54. The molecule has 2 N–H and O–H groups in total. The molecule has 0 aromatic carbocycles.